The zero-order chi connectivity index (χ0) is 30.5. The fraction of sp³-hybridized carbons (Fsp3) is 0.857. The van der Waals surface area contributed by atoms with Crippen LogP contribution < -0.4 is 0 Å². The molecule has 2 atom stereocenters. The normalized spacial score (nSPS) is 23.4. The summed E-state index contributed by atoms with van der Waals surface area (Å²) in [6.45, 7) is 17.9. The Labute approximate surface area is 237 Å². The van der Waals surface area contributed by atoms with Crippen LogP contribution in [0.25, 0.3) is 0 Å². The molecule has 0 amide bonds. The number of hydroxylamine groups is 4. The van der Waals surface area contributed by atoms with Gasteiger partial charge in [0, 0.05) is 0 Å². The van der Waals surface area contributed by atoms with E-state index >= 15 is 0 Å². The first kappa shape index (κ1) is 33.9. The molecule has 0 spiro atoms. The number of hydrogen-bond donors (Lipinski definition) is 0. The van der Waals surface area contributed by atoms with Gasteiger partial charge in [-0.1, -0.05) is 27.7 Å². The summed E-state index contributed by atoms with van der Waals surface area (Å²) in [6.07, 6.45) is -0.265. The van der Waals surface area contributed by atoms with Gasteiger partial charge in [0.25, 0.3) is 0 Å². The van der Waals surface area contributed by atoms with Crippen molar-refractivity contribution in [1.29, 1.82) is 0 Å². The standard InChI is InChI=1S/C28H48N2O10/c1-11-27(12-2)23(33)37-17-25(7,8)29(27)39-19(5)21(31)35-15-16-36-22(32)20(6)40-30-26(9,10)18-38-24(34)28(30,13-3)14-4/h19-20H,11-18H2,1-10H3. The molecule has 0 aromatic carbocycles. The highest BCUT2D eigenvalue weighted by Gasteiger charge is 2.56. The highest BCUT2D eigenvalue weighted by molar-refractivity contribution is 5.82. The molecule has 230 valence electrons. The Morgan fingerprint density at radius 3 is 1.27 bits per heavy atom. The summed E-state index contributed by atoms with van der Waals surface area (Å²) in [5.74, 6) is -2.11. The number of hydrogen-bond acceptors (Lipinski definition) is 12. The molecule has 2 fully saturated rings. The predicted octanol–water partition coefficient (Wildman–Crippen LogP) is 3.11. The zero-order valence-electron chi connectivity index (χ0n) is 25.8. The van der Waals surface area contributed by atoms with Crippen molar-refractivity contribution in [1.82, 2.24) is 10.1 Å². The number of nitrogens with zero attached hydrogens (tertiary/aromatic N) is 2. The van der Waals surface area contributed by atoms with Crippen LogP contribution in [0, 0.1) is 0 Å². The summed E-state index contributed by atoms with van der Waals surface area (Å²) in [5, 5.41) is 3.14. The molecule has 0 N–H and O–H groups in total. The third-order valence-electron chi connectivity index (χ3n) is 7.85. The van der Waals surface area contributed by atoms with Gasteiger partial charge < -0.3 is 18.9 Å². The Bertz CT molecular complexity index is 852. The highest BCUT2D eigenvalue weighted by atomic mass is 16.7. The molecule has 0 aliphatic carbocycles. The number of carbonyl (C=O) groups excluding carboxylic acids is 4. The summed E-state index contributed by atoms with van der Waals surface area (Å²) in [6, 6.07) is 0. The maximum atomic E-state index is 12.7. The Balaban J connectivity index is 1.92. The molecule has 0 aromatic rings. The summed E-state index contributed by atoms with van der Waals surface area (Å²) < 4.78 is 21.4. The summed E-state index contributed by atoms with van der Waals surface area (Å²) >= 11 is 0. The number of cyclic esters (lactones) is 2. The van der Waals surface area contributed by atoms with E-state index in [0.29, 0.717) is 25.7 Å². The molecule has 12 heteroatoms. The largest absolute Gasteiger partial charge is 0.462 e. The van der Waals surface area contributed by atoms with Crippen LogP contribution in [0.5, 0.6) is 0 Å². The topological polar surface area (TPSA) is 130 Å². The minimum atomic E-state index is -1.02. The summed E-state index contributed by atoms with van der Waals surface area (Å²) in [5.41, 5.74) is -3.36. The fourth-order valence-electron chi connectivity index (χ4n) is 5.26. The molecule has 2 saturated heterocycles. The molecule has 0 aromatic heterocycles. The van der Waals surface area contributed by atoms with Crippen LogP contribution in [0.4, 0.5) is 0 Å². The van der Waals surface area contributed by atoms with Gasteiger partial charge >= 0.3 is 23.9 Å². The van der Waals surface area contributed by atoms with Gasteiger partial charge in [-0.25, -0.2) is 19.2 Å². The Morgan fingerprint density at radius 1 is 0.700 bits per heavy atom. The van der Waals surface area contributed by atoms with Crippen LogP contribution in [-0.4, -0.2) is 94.8 Å². The molecular formula is C28H48N2O10. The summed E-state index contributed by atoms with van der Waals surface area (Å²) in [7, 11) is 0. The number of rotatable bonds is 13. The van der Waals surface area contributed by atoms with E-state index in [1.165, 1.54) is 13.8 Å². The predicted molar refractivity (Wildman–Crippen MR) is 143 cm³/mol. The van der Waals surface area contributed by atoms with Crippen molar-refractivity contribution < 1.29 is 47.8 Å². The van der Waals surface area contributed by atoms with Crippen molar-refractivity contribution in [2.24, 2.45) is 0 Å². The Kier molecular flexibility index (Phi) is 11.1. The smallest absolute Gasteiger partial charge is 0.337 e. The van der Waals surface area contributed by atoms with Crippen LogP contribution in [0.15, 0.2) is 0 Å². The van der Waals surface area contributed by atoms with E-state index in [1.54, 1.807) is 10.1 Å². The molecule has 0 saturated carbocycles. The minimum absolute atomic E-state index is 0.124. The molecule has 12 nitrogen and oxygen atoms in total. The molecule has 2 rings (SSSR count). The van der Waals surface area contributed by atoms with Crippen molar-refractivity contribution >= 4 is 23.9 Å². The highest BCUT2D eigenvalue weighted by Crippen LogP contribution is 2.39. The fourth-order valence-corrected chi connectivity index (χ4v) is 5.26. The van der Waals surface area contributed by atoms with E-state index in [-0.39, 0.29) is 38.4 Å². The van der Waals surface area contributed by atoms with Crippen LogP contribution in [0.2, 0.25) is 0 Å². The van der Waals surface area contributed by atoms with E-state index in [2.05, 4.69) is 0 Å². The lowest BCUT2D eigenvalue weighted by Gasteiger charge is -2.52. The average Bonchev–Trinajstić information content (AvgIpc) is 2.91. The number of esters is 4. The lowest BCUT2D eigenvalue weighted by atomic mass is 9.86. The molecule has 0 bridgehead atoms. The third-order valence-corrected chi connectivity index (χ3v) is 7.85. The van der Waals surface area contributed by atoms with Crippen molar-refractivity contribution in [3.05, 3.63) is 0 Å². The van der Waals surface area contributed by atoms with E-state index in [4.69, 9.17) is 28.6 Å². The molecular weight excluding hydrogens is 524 g/mol. The third kappa shape index (κ3) is 6.61. The number of morpholine rings is 2. The van der Waals surface area contributed by atoms with E-state index in [1.807, 2.05) is 55.4 Å². The second kappa shape index (κ2) is 13.1. The van der Waals surface area contributed by atoms with Gasteiger partial charge in [0.05, 0.1) is 11.1 Å². The maximum Gasteiger partial charge on any atom is 0.337 e. The molecule has 2 aliphatic rings. The van der Waals surface area contributed by atoms with Gasteiger partial charge in [0.1, 0.15) is 37.5 Å². The van der Waals surface area contributed by atoms with Gasteiger partial charge in [-0.05, 0) is 67.2 Å². The lowest BCUT2D eigenvalue weighted by Crippen LogP contribution is -2.68. The second-order valence-electron chi connectivity index (χ2n) is 11.7. The quantitative estimate of drug-likeness (QED) is 0.183. The van der Waals surface area contributed by atoms with Crippen molar-refractivity contribution in [3.8, 4) is 0 Å². The maximum absolute atomic E-state index is 12.7. The van der Waals surface area contributed by atoms with Gasteiger partial charge in [0.2, 0.25) is 0 Å². The van der Waals surface area contributed by atoms with Crippen molar-refractivity contribution in [3.63, 3.8) is 0 Å². The van der Waals surface area contributed by atoms with E-state index in [0.717, 1.165) is 0 Å². The van der Waals surface area contributed by atoms with E-state index in [9.17, 15) is 19.2 Å². The van der Waals surface area contributed by atoms with Gasteiger partial charge in [-0.3, -0.25) is 9.68 Å². The lowest BCUT2D eigenvalue weighted by molar-refractivity contribution is -0.316. The molecule has 2 aliphatic heterocycles. The van der Waals surface area contributed by atoms with Crippen molar-refractivity contribution in [2.45, 2.75) is 129 Å². The molecule has 40 heavy (non-hydrogen) atoms. The monoisotopic (exact) mass is 572 g/mol. The first-order valence-corrected chi connectivity index (χ1v) is 14.2. The first-order chi connectivity index (χ1) is 18.6. The van der Waals surface area contributed by atoms with Gasteiger partial charge in [-0.15, -0.1) is 0 Å². The molecule has 0 radical (unpaired) electrons. The molecule has 2 heterocycles. The number of ether oxygens (including phenoxy) is 4. The summed E-state index contributed by atoms with van der Waals surface area (Å²) in [4.78, 5) is 62.7. The van der Waals surface area contributed by atoms with Crippen molar-refractivity contribution in [2.75, 3.05) is 26.4 Å². The number of carbonyl (C=O) groups is 4. The SMILES string of the molecule is CCC1(CC)C(=O)OCC(C)(C)N1OC(C)C(=O)OCCOC(=O)C(C)ON1C(C)(C)COC(=O)C1(CC)CC. The first-order valence-electron chi connectivity index (χ1n) is 14.2. The minimum Gasteiger partial charge on any atom is -0.462 e. The van der Waals surface area contributed by atoms with Crippen LogP contribution in [0.1, 0.15) is 94.9 Å². The van der Waals surface area contributed by atoms with Crippen LogP contribution in [-0.2, 0) is 47.8 Å². The van der Waals surface area contributed by atoms with Crippen LogP contribution in [0.3, 0.4) is 0 Å². The zero-order valence-corrected chi connectivity index (χ0v) is 25.8. The average molecular weight is 573 g/mol. The molecule has 2 unspecified atom stereocenters. The Hall–Kier alpha value is -2.28. The van der Waals surface area contributed by atoms with Gasteiger partial charge in [0.15, 0.2) is 12.2 Å². The van der Waals surface area contributed by atoms with Crippen LogP contribution >= 0.6 is 0 Å². The van der Waals surface area contributed by atoms with Gasteiger partial charge in [-0.2, -0.15) is 10.1 Å². The van der Waals surface area contributed by atoms with E-state index < -0.39 is 46.3 Å². The second-order valence-corrected chi connectivity index (χ2v) is 11.7. The Morgan fingerprint density at radius 2 is 1.00 bits per heavy atom.